The highest BCUT2D eigenvalue weighted by atomic mass is 32.2. The van der Waals surface area contributed by atoms with Gasteiger partial charge in [-0.15, -0.1) is 10.2 Å². The number of nitrogens with one attached hydrogen (secondary N) is 2. The van der Waals surface area contributed by atoms with E-state index in [0.717, 1.165) is 15.7 Å². The average Bonchev–Trinajstić information content (AvgIpc) is 3.29. The summed E-state index contributed by atoms with van der Waals surface area (Å²) in [5.74, 6) is 0.400. The summed E-state index contributed by atoms with van der Waals surface area (Å²) in [5.41, 5.74) is 1.78. The zero-order valence-corrected chi connectivity index (χ0v) is 15.7. The lowest BCUT2D eigenvalue weighted by Gasteiger charge is -2.09. The molecule has 2 amide bonds. The molecule has 0 atom stereocenters. The van der Waals surface area contributed by atoms with Gasteiger partial charge >= 0.3 is 0 Å². The van der Waals surface area contributed by atoms with E-state index in [1.54, 1.807) is 42.1 Å². The van der Waals surface area contributed by atoms with Gasteiger partial charge in [-0.05, 0) is 42.5 Å². The number of rotatable bonds is 6. The number of thioether (sulfide) groups is 1. The van der Waals surface area contributed by atoms with Crippen molar-refractivity contribution < 1.29 is 14.0 Å². The molecule has 0 saturated heterocycles. The summed E-state index contributed by atoms with van der Waals surface area (Å²) >= 11 is 2.89. The van der Waals surface area contributed by atoms with Crippen LogP contribution in [0.4, 0.5) is 10.8 Å². The number of nitrogens with zero attached hydrogens (tertiary/aromatic N) is 2. The first kappa shape index (κ1) is 18.2. The van der Waals surface area contributed by atoms with Gasteiger partial charge in [-0.2, -0.15) is 0 Å². The highest BCUT2D eigenvalue weighted by Gasteiger charge is 2.14. The first-order valence-electron chi connectivity index (χ1n) is 7.80. The maximum absolute atomic E-state index is 12.4. The molecule has 7 nitrogen and oxygen atoms in total. The molecule has 9 heteroatoms. The zero-order chi connectivity index (χ0) is 18.5. The lowest BCUT2D eigenvalue weighted by Crippen LogP contribution is -2.15. The molecule has 2 heterocycles. The van der Waals surface area contributed by atoms with Gasteiger partial charge < -0.3 is 9.73 Å². The van der Waals surface area contributed by atoms with Crippen molar-refractivity contribution in [3.8, 4) is 0 Å². The van der Waals surface area contributed by atoms with Gasteiger partial charge in [-0.3, -0.25) is 14.9 Å². The second kappa shape index (κ2) is 8.15. The van der Waals surface area contributed by atoms with E-state index in [2.05, 4.69) is 20.8 Å². The van der Waals surface area contributed by atoms with Gasteiger partial charge in [-0.25, -0.2) is 0 Å². The number of anilines is 2. The number of carbonyl (C=O) groups excluding carboxylic acids is 2. The van der Waals surface area contributed by atoms with Gasteiger partial charge in [0.05, 0.1) is 6.26 Å². The van der Waals surface area contributed by atoms with Crippen LogP contribution in [-0.2, 0) is 0 Å². The van der Waals surface area contributed by atoms with Crippen LogP contribution in [0, 0.1) is 6.92 Å². The van der Waals surface area contributed by atoms with Crippen molar-refractivity contribution in [2.75, 3.05) is 16.4 Å². The normalized spacial score (nSPS) is 10.5. The van der Waals surface area contributed by atoms with Gasteiger partial charge in [0, 0.05) is 11.3 Å². The molecule has 0 saturated carbocycles. The standard InChI is InChI=1S/C17H16N4O3S2/c1-3-25-17-21-20-16(26-17)19-14(22)11-7-6-10(2)12(9-11)18-15(23)13-5-4-8-24-13/h4-9H,3H2,1-2H3,(H,18,23)(H,19,20,22). The van der Waals surface area contributed by atoms with Crippen LogP contribution in [-0.4, -0.2) is 27.8 Å². The number of hydrogen-bond acceptors (Lipinski definition) is 7. The predicted octanol–water partition coefficient (Wildman–Crippen LogP) is 4.06. The van der Waals surface area contributed by atoms with Gasteiger partial charge in [0.2, 0.25) is 5.13 Å². The van der Waals surface area contributed by atoms with E-state index in [-0.39, 0.29) is 17.6 Å². The molecule has 0 fully saturated rings. The van der Waals surface area contributed by atoms with E-state index in [9.17, 15) is 9.59 Å². The Bertz CT molecular complexity index is 922. The maximum Gasteiger partial charge on any atom is 0.291 e. The summed E-state index contributed by atoms with van der Waals surface area (Å²) in [7, 11) is 0. The number of aryl methyl sites for hydroxylation is 1. The predicted molar refractivity (Wildman–Crippen MR) is 102 cm³/mol. The van der Waals surface area contributed by atoms with Crippen molar-refractivity contribution in [1.29, 1.82) is 0 Å². The van der Waals surface area contributed by atoms with Crippen LogP contribution < -0.4 is 10.6 Å². The molecule has 26 heavy (non-hydrogen) atoms. The van der Waals surface area contributed by atoms with Crippen LogP contribution in [0.25, 0.3) is 0 Å². The van der Waals surface area contributed by atoms with Crippen molar-refractivity contribution in [2.45, 2.75) is 18.2 Å². The summed E-state index contributed by atoms with van der Waals surface area (Å²) in [5, 5.41) is 13.9. The minimum Gasteiger partial charge on any atom is -0.459 e. The summed E-state index contributed by atoms with van der Waals surface area (Å²) in [6.45, 7) is 3.87. The Hall–Kier alpha value is -2.65. The van der Waals surface area contributed by atoms with E-state index >= 15 is 0 Å². The first-order valence-corrected chi connectivity index (χ1v) is 9.60. The minimum atomic E-state index is -0.374. The Morgan fingerprint density at radius 3 is 2.77 bits per heavy atom. The molecule has 0 radical (unpaired) electrons. The van der Waals surface area contributed by atoms with Crippen molar-refractivity contribution in [1.82, 2.24) is 10.2 Å². The first-order chi connectivity index (χ1) is 12.6. The third-order valence-electron chi connectivity index (χ3n) is 3.39. The SMILES string of the molecule is CCSc1nnc(NC(=O)c2ccc(C)c(NC(=O)c3ccco3)c2)s1. The van der Waals surface area contributed by atoms with Crippen molar-refractivity contribution in [3.05, 3.63) is 53.5 Å². The van der Waals surface area contributed by atoms with Crippen molar-refractivity contribution in [2.24, 2.45) is 0 Å². The monoisotopic (exact) mass is 388 g/mol. The Labute approximate surface area is 158 Å². The number of aromatic nitrogens is 2. The fraction of sp³-hybridized carbons (Fsp3) is 0.176. The average molecular weight is 388 g/mol. The summed E-state index contributed by atoms with van der Waals surface area (Å²) < 4.78 is 5.88. The highest BCUT2D eigenvalue weighted by molar-refractivity contribution is 8.01. The van der Waals surface area contributed by atoms with Gasteiger partial charge in [0.15, 0.2) is 10.1 Å². The lowest BCUT2D eigenvalue weighted by molar-refractivity contribution is 0.0993. The number of carbonyl (C=O) groups is 2. The molecular weight excluding hydrogens is 372 g/mol. The van der Waals surface area contributed by atoms with E-state index < -0.39 is 0 Å². The molecule has 1 aromatic carbocycles. The van der Waals surface area contributed by atoms with Crippen LogP contribution in [0.5, 0.6) is 0 Å². The smallest absolute Gasteiger partial charge is 0.291 e. The zero-order valence-electron chi connectivity index (χ0n) is 14.1. The lowest BCUT2D eigenvalue weighted by atomic mass is 10.1. The van der Waals surface area contributed by atoms with E-state index in [1.165, 1.54) is 17.6 Å². The van der Waals surface area contributed by atoms with Crippen molar-refractivity contribution >= 4 is 45.7 Å². The summed E-state index contributed by atoms with van der Waals surface area (Å²) in [6, 6.07) is 8.29. The molecule has 3 rings (SSSR count). The molecule has 2 aromatic heterocycles. The second-order valence-electron chi connectivity index (χ2n) is 5.22. The Balaban J connectivity index is 1.73. The highest BCUT2D eigenvalue weighted by Crippen LogP contribution is 2.26. The third kappa shape index (κ3) is 4.30. The van der Waals surface area contributed by atoms with E-state index in [1.807, 2.05) is 13.8 Å². The van der Waals surface area contributed by atoms with Crippen LogP contribution in [0.2, 0.25) is 0 Å². The van der Waals surface area contributed by atoms with E-state index in [4.69, 9.17) is 4.42 Å². The van der Waals surface area contributed by atoms with Gasteiger partial charge in [0.1, 0.15) is 0 Å². The molecule has 3 aromatic rings. The Morgan fingerprint density at radius 1 is 1.19 bits per heavy atom. The number of furan rings is 1. The molecule has 0 aliphatic rings. The molecule has 0 unspecified atom stereocenters. The van der Waals surface area contributed by atoms with Crippen LogP contribution in [0.15, 0.2) is 45.4 Å². The fourth-order valence-corrected chi connectivity index (χ4v) is 3.74. The number of benzene rings is 1. The maximum atomic E-state index is 12.4. The Kier molecular flexibility index (Phi) is 5.69. The fourth-order valence-electron chi connectivity index (χ4n) is 2.10. The van der Waals surface area contributed by atoms with Crippen LogP contribution >= 0.6 is 23.1 Å². The Morgan fingerprint density at radius 2 is 2.04 bits per heavy atom. The second-order valence-corrected chi connectivity index (χ2v) is 7.71. The summed E-state index contributed by atoms with van der Waals surface area (Å²) in [4.78, 5) is 24.6. The molecular formula is C17H16N4O3S2. The molecule has 0 bridgehead atoms. The molecule has 0 aliphatic carbocycles. The van der Waals surface area contributed by atoms with Crippen molar-refractivity contribution in [3.63, 3.8) is 0 Å². The minimum absolute atomic E-state index is 0.203. The largest absolute Gasteiger partial charge is 0.459 e. The topological polar surface area (TPSA) is 97.1 Å². The molecule has 2 N–H and O–H groups in total. The molecule has 0 spiro atoms. The quantitative estimate of drug-likeness (QED) is 0.488. The van der Waals surface area contributed by atoms with Crippen LogP contribution in [0.1, 0.15) is 33.4 Å². The molecule has 0 aliphatic heterocycles. The molecule has 134 valence electrons. The number of hydrogen-bond donors (Lipinski definition) is 2. The summed E-state index contributed by atoms with van der Waals surface area (Å²) in [6.07, 6.45) is 1.43. The third-order valence-corrected chi connectivity index (χ3v) is 5.24. The van der Waals surface area contributed by atoms with Gasteiger partial charge in [-0.1, -0.05) is 36.1 Å². The van der Waals surface area contributed by atoms with E-state index in [0.29, 0.717) is 16.4 Å². The van der Waals surface area contributed by atoms with Gasteiger partial charge in [0.25, 0.3) is 11.8 Å². The van der Waals surface area contributed by atoms with Crippen LogP contribution in [0.3, 0.4) is 0 Å². The number of amides is 2.